The van der Waals surface area contributed by atoms with E-state index in [-0.39, 0.29) is 4.90 Å². The van der Waals surface area contributed by atoms with Crippen LogP contribution in [0.5, 0.6) is 0 Å². The molecule has 0 unspecified atom stereocenters. The molecule has 20 heavy (non-hydrogen) atoms. The van der Waals surface area contributed by atoms with Crippen LogP contribution in [0.2, 0.25) is 0 Å². The monoisotopic (exact) mass is 285 g/mol. The van der Waals surface area contributed by atoms with Gasteiger partial charge < -0.3 is 0 Å². The van der Waals surface area contributed by atoms with Gasteiger partial charge in [0.15, 0.2) is 0 Å². The molecule has 3 rings (SSSR count). The number of fused-ring (bicyclic) bond motifs is 1. The molecule has 2 aromatic carbocycles. The van der Waals surface area contributed by atoms with Crippen molar-refractivity contribution in [2.45, 2.75) is 4.90 Å². The molecule has 0 amide bonds. The number of rotatable bonds is 3. The second kappa shape index (κ2) is 4.90. The Hall–Kier alpha value is -2.47. The summed E-state index contributed by atoms with van der Waals surface area (Å²) in [4.78, 5) is 8.53. The van der Waals surface area contributed by atoms with Gasteiger partial charge in [0.05, 0.1) is 16.1 Å². The Balaban J connectivity index is 2.06. The van der Waals surface area contributed by atoms with E-state index in [1.54, 1.807) is 54.7 Å². The summed E-state index contributed by atoms with van der Waals surface area (Å²) in [6.07, 6.45) is 3.10. The van der Waals surface area contributed by atoms with E-state index in [0.717, 1.165) is 0 Å². The lowest BCUT2D eigenvalue weighted by molar-refractivity contribution is 0.601. The van der Waals surface area contributed by atoms with Crippen LogP contribution in [0.3, 0.4) is 0 Å². The van der Waals surface area contributed by atoms with Gasteiger partial charge >= 0.3 is 0 Å². The molecule has 0 fully saturated rings. The quantitative estimate of drug-likeness (QED) is 0.802. The van der Waals surface area contributed by atoms with E-state index in [9.17, 15) is 8.42 Å². The van der Waals surface area contributed by atoms with Crippen molar-refractivity contribution in [3.05, 3.63) is 60.9 Å². The largest absolute Gasteiger partial charge is 0.277 e. The molecule has 0 aliphatic carbocycles. The number of nitrogens with one attached hydrogen (secondary N) is 1. The van der Waals surface area contributed by atoms with Crippen molar-refractivity contribution in [2.24, 2.45) is 0 Å². The molecule has 0 atom stereocenters. The summed E-state index contributed by atoms with van der Waals surface area (Å²) in [5, 5.41) is 0. The first kappa shape index (κ1) is 12.6. The maximum Gasteiger partial charge on any atom is 0.261 e. The van der Waals surface area contributed by atoms with Crippen LogP contribution in [0, 0.1) is 0 Å². The molecule has 3 aromatic rings. The maximum absolute atomic E-state index is 12.3. The fourth-order valence-electron chi connectivity index (χ4n) is 1.88. The van der Waals surface area contributed by atoms with Crippen LogP contribution in [-0.4, -0.2) is 18.4 Å². The van der Waals surface area contributed by atoms with E-state index >= 15 is 0 Å². The van der Waals surface area contributed by atoms with Crippen LogP contribution in [-0.2, 0) is 10.0 Å². The Kier molecular flexibility index (Phi) is 3.08. The van der Waals surface area contributed by atoms with Gasteiger partial charge in [0.25, 0.3) is 10.0 Å². The normalized spacial score (nSPS) is 11.4. The first-order valence-corrected chi connectivity index (χ1v) is 7.43. The van der Waals surface area contributed by atoms with Crippen molar-refractivity contribution < 1.29 is 8.42 Å². The summed E-state index contributed by atoms with van der Waals surface area (Å²) in [5.74, 6) is 0. The van der Waals surface area contributed by atoms with E-state index in [1.807, 2.05) is 0 Å². The van der Waals surface area contributed by atoms with E-state index < -0.39 is 10.0 Å². The summed E-state index contributed by atoms with van der Waals surface area (Å²) in [6.45, 7) is 0. The zero-order chi connectivity index (χ0) is 14.0. The van der Waals surface area contributed by atoms with E-state index in [1.165, 1.54) is 6.20 Å². The molecule has 1 aromatic heterocycles. The molecule has 0 saturated heterocycles. The molecule has 0 aliphatic rings. The second-order valence-corrected chi connectivity index (χ2v) is 5.83. The van der Waals surface area contributed by atoms with Gasteiger partial charge in [-0.15, -0.1) is 0 Å². The van der Waals surface area contributed by atoms with Crippen LogP contribution in [0.25, 0.3) is 11.0 Å². The molecule has 1 heterocycles. The van der Waals surface area contributed by atoms with E-state index in [4.69, 9.17) is 0 Å². The Morgan fingerprint density at radius 3 is 2.40 bits per heavy atom. The molecule has 0 bridgehead atoms. The topological polar surface area (TPSA) is 72.0 Å². The highest BCUT2D eigenvalue weighted by Gasteiger charge is 2.15. The van der Waals surface area contributed by atoms with Gasteiger partial charge in [-0.1, -0.05) is 24.3 Å². The third-order valence-corrected chi connectivity index (χ3v) is 4.18. The summed E-state index contributed by atoms with van der Waals surface area (Å²) in [7, 11) is -3.62. The van der Waals surface area contributed by atoms with Gasteiger partial charge in [-0.2, -0.15) is 0 Å². The minimum absolute atomic E-state index is 0.209. The van der Waals surface area contributed by atoms with Crippen molar-refractivity contribution >= 4 is 26.7 Å². The summed E-state index contributed by atoms with van der Waals surface area (Å²) < 4.78 is 27.1. The number of hydrogen-bond acceptors (Lipinski definition) is 4. The number of sulfonamides is 1. The van der Waals surface area contributed by atoms with E-state index in [2.05, 4.69) is 14.7 Å². The molecular weight excluding hydrogens is 274 g/mol. The summed E-state index contributed by atoms with van der Waals surface area (Å²) in [6, 6.07) is 13.4. The lowest BCUT2D eigenvalue weighted by Crippen LogP contribution is -2.13. The van der Waals surface area contributed by atoms with Crippen molar-refractivity contribution in [2.75, 3.05) is 4.72 Å². The van der Waals surface area contributed by atoms with Crippen molar-refractivity contribution in [3.8, 4) is 0 Å². The standard InChI is InChI=1S/C14H11N3O2S/c18-20(19,11-5-2-1-3-6-11)17-13-8-4-7-12-14(13)16-10-9-15-12/h1-10,17H. The van der Waals surface area contributed by atoms with E-state index in [0.29, 0.717) is 16.7 Å². The average Bonchev–Trinajstić information content (AvgIpc) is 2.48. The highest BCUT2D eigenvalue weighted by molar-refractivity contribution is 7.92. The predicted molar refractivity (Wildman–Crippen MR) is 76.8 cm³/mol. The number of anilines is 1. The molecule has 0 aliphatic heterocycles. The number of para-hydroxylation sites is 1. The SMILES string of the molecule is O=S(=O)(Nc1cccc2nccnc12)c1ccccc1. The highest BCUT2D eigenvalue weighted by atomic mass is 32.2. The Morgan fingerprint density at radius 2 is 1.60 bits per heavy atom. The predicted octanol–water partition coefficient (Wildman–Crippen LogP) is 2.43. The second-order valence-electron chi connectivity index (χ2n) is 4.15. The Labute approximate surface area is 116 Å². The number of hydrogen-bond donors (Lipinski definition) is 1. The van der Waals surface area contributed by atoms with Gasteiger partial charge in [0.2, 0.25) is 0 Å². The van der Waals surface area contributed by atoms with Crippen molar-refractivity contribution in [1.82, 2.24) is 9.97 Å². The fraction of sp³-hybridized carbons (Fsp3) is 0. The summed E-state index contributed by atoms with van der Waals surface area (Å²) >= 11 is 0. The third kappa shape index (κ3) is 2.33. The van der Waals surface area contributed by atoms with Crippen LogP contribution in [0.15, 0.2) is 65.8 Å². The molecule has 1 N–H and O–H groups in total. The maximum atomic E-state index is 12.3. The van der Waals surface area contributed by atoms with Gasteiger partial charge in [-0.3, -0.25) is 14.7 Å². The highest BCUT2D eigenvalue weighted by Crippen LogP contribution is 2.22. The van der Waals surface area contributed by atoms with Crippen LogP contribution in [0.1, 0.15) is 0 Å². The van der Waals surface area contributed by atoms with Gasteiger partial charge in [-0.05, 0) is 24.3 Å². The van der Waals surface area contributed by atoms with Crippen molar-refractivity contribution in [1.29, 1.82) is 0 Å². The minimum atomic E-state index is -3.62. The molecule has 5 nitrogen and oxygen atoms in total. The molecular formula is C14H11N3O2S. The first-order chi connectivity index (χ1) is 9.67. The summed E-state index contributed by atoms with van der Waals surface area (Å²) in [5.41, 5.74) is 1.58. The van der Waals surface area contributed by atoms with Crippen LogP contribution < -0.4 is 4.72 Å². The lowest BCUT2D eigenvalue weighted by Gasteiger charge is -2.09. The third-order valence-electron chi connectivity index (χ3n) is 2.80. The fourth-order valence-corrected chi connectivity index (χ4v) is 2.97. The van der Waals surface area contributed by atoms with Gasteiger partial charge in [-0.25, -0.2) is 8.42 Å². The molecule has 6 heteroatoms. The molecule has 0 saturated carbocycles. The van der Waals surface area contributed by atoms with Crippen molar-refractivity contribution in [3.63, 3.8) is 0 Å². The average molecular weight is 285 g/mol. The zero-order valence-corrected chi connectivity index (χ0v) is 11.2. The smallest absolute Gasteiger partial charge is 0.261 e. The Morgan fingerprint density at radius 1 is 0.850 bits per heavy atom. The van der Waals surface area contributed by atoms with Crippen LogP contribution >= 0.6 is 0 Å². The molecule has 100 valence electrons. The zero-order valence-electron chi connectivity index (χ0n) is 10.4. The first-order valence-electron chi connectivity index (χ1n) is 5.94. The van der Waals surface area contributed by atoms with Gasteiger partial charge in [0, 0.05) is 12.4 Å². The number of nitrogens with zero attached hydrogens (tertiary/aromatic N) is 2. The Bertz CT molecular complexity index is 843. The number of aromatic nitrogens is 2. The molecule has 0 spiro atoms. The van der Waals surface area contributed by atoms with Gasteiger partial charge in [0.1, 0.15) is 5.52 Å². The molecule has 0 radical (unpaired) electrons. The number of benzene rings is 2. The van der Waals surface area contributed by atoms with Crippen LogP contribution in [0.4, 0.5) is 5.69 Å². The lowest BCUT2D eigenvalue weighted by atomic mass is 10.2. The minimum Gasteiger partial charge on any atom is -0.277 e.